The van der Waals surface area contributed by atoms with Crippen LogP contribution in [-0.4, -0.2) is 21.8 Å². The number of benzene rings is 1. The molecule has 0 aliphatic carbocycles. The normalized spacial score (nSPS) is 15.3. The van der Waals surface area contributed by atoms with Crippen molar-refractivity contribution in [2.45, 2.75) is 25.9 Å². The number of ether oxygens (including phenoxy) is 1. The van der Waals surface area contributed by atoms with Crippen LogP contribution in [0.1, 0.15) is 24.8 Å². The van der Waals surface area contributed by atoms with Gasteiger partial charge in [-0.15, -0.1) is 4.37 Å². The summed E-state index contributed by atoms with van der Waals surface area (Å²) in [5.74, 6) is 1.58. The third-order valence-corrected chi connectivity index (χ3v) is 4.42. The fourth-order valence-electron chi connectivity index (χ4n) is 2.30. The first-order chi connectivity index (χ1) is 9.83. The molecule has 0 unspecified atom stereocenters. The molecule has 1 saturated heterocycles. The number of hydrogen-bond acceptors (Lipinski definition) is 5. The summed E-state index contributed by atoms with van der Waals surface area (Å²) in [6, 6.07) is 8.13. The summed E-state index contributed by atoms with van der Waals surface area (Å²) in [4.78, 5) is 2.28. The van der Waals surface area contributed by atoms with E-state index in [9.17, 15) is 0 Å². The SMILES string of the molecule is Brc1ccc(COc2nsnc2N2CCCCC2)cc1. The third kappa shape index (κ3) is 3.30. The molecule has 1 aliphatic heterocycles. The average Bonchev–Trinajstić information content (AvgIpc) is 2.96. The van der Waals surface area contributed by atoms with Crippen LogP contribution < -0.4 is 9.64 Å². The maximum absolute atomic E-state index is 5.84. The lowest BCUT2D eigenvalue weighted by Gasteiger charge is -2.26. The molecule has 2 heterocycles. The van der Waals surface area contributed by atoms with Crippen molar-refractivity contribution in [3.63, 3.8) is 0 Å². The lowest BCUT2D eigenvalue weighted by atomic mass is 10.1. The van der Waals surface area contributed by atoms with E-state index in [1.165, 1.54) is 31.0 Å². The Morgan fingerprint density at radius 3 is 2.60 bits per heavy atom. The van der Waals surface area contributed by atoms with Gasteiger partial charge < -0.3 is 9.64 Å². The topological polar surface area (TPSA) is 38.3 Å². The van der Waals surface area contributed by atoms with Crippen LogP contribution in [0.15, 0.2) is 28.7 Å². The van der Waals surface area contributed by atoms with Crippen molar-refractivity contribution in [2.24, 2.45) is 0 Å². The van der Waals surface area contributed by atoms with E-state index in [2.05, 4.69) is 29.6 Å². The van der Waals surface area contributed by atoms with Crippen molar-refractivity contribution >= 4 is 33.5 Å². The van der Waals surface area contributed by atoms with Crippen LogP contribution in [0.25, 0.3) is 0 Å². The second kappa shape index (κ2) is 6.54. The van der Waals surface area contributed by atoms with E-state index >= 15 is 0 Å². The van der Waals surface area contributed by atoms with Crippen molar-refractivity contribution in [1.82, 2.24) is 8.75 Å². The Morgan fingerprint density at radius 2 is 1.85 bits per heavy atom. The molecule has 0 N–H and O–H groups in total. The highest BCUT2D eigenvalue weighted by atomic mass is 79.9. The molecule has 4 nitrogen and oxygen atoms in total. The molecule has 0 amide bonds. The van der Waals surface area contributed by atoms with Crippen molar-refractivity contribution < 1.29 is 4.74 Å². The second-order valence-electron chi connectivity index (χ2n) is 4.86. The van der Waals surface area contributed by atoms with E-state index < -0.39 is 0 Å². The molecule has 1 aromatic carbocycles. The second-order valence-corrected chi connectivity index (χ2v) is 6.30. The van der Waals surface area contributed by atoms with Crippen LogP contribution >= 0.6 is 27.7 Å². The Bertz CT molecular complexity index is 552. The zero-order valence-electron chi connectivity index (χ0n) is 11.1. The monoisotopic (exact) mass is 353 g/mol. The number of aromatic nitrogens is 2. The fraction of sp³-hybridized carbons (Fsp3) is 0.429. The number of halogens is 1. The highest BCUT2D eigenvalue weighted by molar-refractivity contribution is 9.10. The minimum absolute atomic E-state index is 0.527. The molecule has 1 aromatic heterocycles. The predicted octanol–water partition coefficient (Wildman–Crippen LogP) is 3.87. The Balaban J connectivity index is 1.65. The molecule has 0 spiro atoms. The van der Waals surface area contributed by atoms with Gasteiger partial charge in [-0.05, 0) is 37.0 Å². The summed E-state index contributed by atoms with van der Waals surface area (Å²) in [6.45, 7) is 2.64. The van der Waals surface area contributed by atoms with E-state index in [0.717, 1.165) is 28.9 Å². The van der Waals surface area contributed by atoms with Gasteiger partial charge in [-0.25, -0.2) is 0 Å². The van der Waals surface area contributed by atoms with Crippen molar-refractivity contribution in [3.8, 4) is 5.88 Å². The van der Waals surface area contributed by atoms with Crippen LogP contribution in [0.2, 0.25) is 0 Å². The molecule has 106 valence electrons. The first kappa shape index (κ1) is 13.8. The van der Waals surface area contributed by atoms with Crippen molar-refractivity contribution in [3.05, 3.63) is 34.3 Å². The van der Waals surface area contributed by atoms with Gasteiger partial charge in [0.05, 0.1) is 11.7 Å². The van der Waals surface area contributed by atoms with Gasteiger partial charge >= 0.3 is 0 Å². The summed E-state index contributed by atoms with van der Waals surface area (Å²) in [6.07, 6.45) is 3.76. The van der Waals surface area contributed by atoms with Crippen LogP contribution in [0, 0.1) is 0 Å². The average molecular weight is 354 g/mol. The molecule has 1 aliphatic rings. The van der Waals surface area contributed by atoms with Gasteiger partial charge in [0.15, 0.2) is 0 Å². The van der Waals surface area contributed by atoms with E-state index in [-0.39, 0.29) is 0 Å². The molecule has 0 radical (unpaired) electrons. The Kier molecular flexibility index (Phi) is 4.52. The van der Waals surface area contributed by atoms with Gasteiger partial charge in [0.1, 0.15) is 6.61 Å². The summed E-state index contributed by atoms with van der Waals surface area (Å²) in [7, 11) is 0. The van der Waals surface area contributed by atoms with E-state index in [0.29, 0.717) is 12.5 Å². The lowest BCUT2D eigenvalue weighted by Crippen LogP contribution is -2.30. The molecule has 20 heavy (non-hydrogen) atoms. The minimum Gasteiger partial charge on any atom is -0.470 e. The van der Waals surface area contributed by atoms with Gasteiger partial charge in [-0.2, -0.15) is 4.37 Å². The molecule has 0 saturated carbocycles. The summed E-state index contributed by atoms with van der Waals surface area (Å²) in [5, 5.41) is 0. The first-order valence-electron chi connectivity index (χ1n) is 6.78. The number of rotatable bonds is 4. The van der Waals surface area contributed by atoms with Crippen molar-refractivity contribution in [2.75, 3.05) is 18.0 Å². The third-order valence-electron chi connectivity index (χ3n) is 3.39. The van der Waals surface area contributed by atoms with Crippen LogP contribution in [-0.2, 0) is 6.61 Å². The molecule has 6 heteroatoms. The molecular weight excluding hydrogens is 338 g/mol. The molecular formula is C14H16BrN3OS. The smallest absolute Gasteiger partial charge is 0.271 e. The van der Waals surface area contributed by atoms with Crippen LogP contribution in [0.4, 0.5) is 5.82 Å². The maximum Gasteiger partial charge on any atom is 0.271 e. The van der Waals surface area contributed by atoms with Gasteiger partial charge in [0.25, 0.3) is 5.88 Å². The number of piperidine rings is 1. The zero-order valence-corrected chi connectivity index (χ0v) is 13.5. The molecule has 3 rings (SSSR count). The largest absolute Gasteiger partial charge is 0.470 e. The minimum atomic E-state index is 0.527. The predicted molar refractivity (Wildman–Crippen MR) is 84.4 cm³/mol. The van der Waals surface area contributed by atoms with Crippen LogP contribution in [0.3, 0.4) is 0 Å². The summed E-state index contributed by atoms with van der Waals surface area (Å²) >= 11 is 4.65. The van der Waals surface area contributed by atoms with Gasteiger partial charge in [-0.1, -0.05) is 28.1 Å². The van der Waals surface area contributed by atoms with Gasteiger partial charge in [0, 0.05) is 17.6 Å². The Hall–Kier alpha value is -1.14. The number of nitrogens with zero attached hydrogens (tertiary/aromatic N) is 3. The maximum atomic E-state index is 5.84. The quantitative estimate of drug-likeness (QED) is 0.836. The summed E-state index contributed by atoms with van der Waals surface area (Å²) < 4.78 is 15.6. The Labute approximate surface area is 131 Å². The molecule has 0 bridgehead atoms. The lowest BCUT2D eigenvalue weighted by molar-refractivity contribution is 0.296. The van der Waals surface area contributed by atoms with Crippen molar-refractivity contribution in [1.29, 1.82) is 0 Å². The molecule has 2 aromatic rings. The fourth-order valence-corrected chi connectivity index (χ4v) is 3.08. The standard InChI is InChI=1S/C14H16BrN3OS/c15-12-6-4-11(5-7-12)10-19-14-13(16-20-17-14)18-8-2-1-3-9-18/h4-7H,1-3,8-10H2. The van der Waals surface area contributed by atoms with E-state index in [1.54, 1.807) is 0 Å². The zero-order chi connectivity index (χ0) is 13.8. The molecule has 0 atom stereocenters. The number of hydrogen-bond donors (Lipinski definition) is 0. The first-order valence-corrected chi connectivity index (χ1v) is 8.30. The highest BCUT2D eigenvalue weighted by Crippen LogP contribution is 2.28. The van der Waals surface area contributed by atoms with Gasteiger partial charge in [0.2, 0.25) is 5.82 Å². The number of anilines is 1. The Morgan fingerprint density at radius 1 is 1.10 bits per heavy atom. The van der Waals surface area contributed by atoms with E-state index in [1.807, 2.05) is 24.3 Å². The van der Waals surface area contributed by atoms with E-state index in [4.69, 9.17) is 4.74 Å². The molecule has 1 fully saturated rings. The highest BCUT2D eigenvalue weighted by Gasteiger charge is 2.19. The summed E-state index contributed by atoms with van der Waals surface area (Å²) in [5.41, 5.74) is 1.13. The van der Waals surface area contributed by atoms with Gasteiger partial charge in [-0.3, -0.25) is 0 Å². The van der Waals surface area contributed by atoms with Crippen LogP contribution in [0.5, 0.6) is 5.88 Å².